The molecule has 4 aromatic rings. The first-order valence-electron chi connectivity index (χ1n) is 16.6. The molecule has 6 rings (SSSR count). The number of carboxylic acids is 1. The quantitative estimate of drug-likeness (QED) is 0.167. The van der Waals surface area contributed by atoms with Crippen LogP contribution in [0.25, 0.3) is 21.0 Å². The van der Waals surface area contributed by atoms with Crippen molar-refractivity contribution in [3.05, 3.63) is 68.7 Å². The molecular weight excluding hydrogens is 650 g/mol. The van der Waals surface area contributed by atoms with Crippen LogP contribution in [-0.2, 0) is 21.6 Å². The molecule has 3 heterocycles. The molecule has 0 amide bonds. The number of thiophene rings is 1. The van der Waals surface area contributed by atoms with Crippen molar-refractivity contribution in [1.29, 1.82) is 0 Å². The van der Waals surface area contributed by atoms with Gasteiger partial charge in [0.1, 0.15) is 28.5 Å². The Bertz CT molecular complexity index is 1980. The van der Waals surface area contributed by atoms with Gasteiger partial charge in [0.25, 0.3) is 5.56 Å². The summed E-state index contributed by atoms with van der Waals surface area (Å²) in [5.74, 6) is -0.541. The largest absolute Gasteiger partial charge is 0.496 e. The van der Waals surface area contributed by atoms with Crippen LogP contribution in [0.4, 0.5) is 0 Å². The molecule has 3 aromatic heterocycles. The minimum absolute atomic E-state index is 0.0945. The highest BCUT2D eigenvalue weighted by Crippen LogP contribution is 2.54. The van der Waals surface area contributed by atoms with Gasteiger partial charge in [-0.2, -0.15) is 0 Å². The number of hydrogen-bond acceptors (Lipinski definition) is 11. The molecule has 0 bridgehead atoms. The summed E-state index contributed by atoms with van der Waals surface area (Å²) >= 11 is 1.16. The molecule has 3 unspecified atom stereocenters. The number of aliphatic hydroxyl groups is 1. The summed E-state index contributed by atoms with van der Waals surface area (Å²) in [5, 5.41) is 21.7. The number of ether oxygens (including phenoxy) is 2. The molecule has 2 saturated carbocycles. The van der Waals surface area contributed by atoms with E-state index in [2.05, 4.69) is 11.9 Å². The van der Waals surface area contributed by atoms with E-state index in [9.17, 15) is 24.6 Å². The Kier molecular flexibility index (Phi) is 8.93. The lowest BCUT2D eigenvalue weighted by atomic mass is 9.85. The van der Waals surface area contributed by atoms with E-state index in [0.29, 0.717) is 58.7 Å². The number of oxazole rings is 1. The number of aliphatic carboxylic acids is 1. The minimum atomic E-state index is -1.88. The molecule has 6 N–H and O–H groups in total. The predicted molar refractivity (Wildman–Crippen MR) is 185 cm³/mol. The van der Waals surface area contributed by atoms with Gasteiger partial charge in [-0.15, -0.1) is 11.3 Å². The number of aromatic nitrogens is 3. The maximum atomic E-state index is 14.4. The van der Waals surface area contributed by atoms with Crippen LogP contribution in [-0.4, -0.2) is 60.2 Å². The van der Waals surface area contributed by atoms with Crippen LogP contribution in [0, 0.1) is 6.92 Å². The number of nitrogens with zero attached hydrogens (tertiary/aromatic N) is 3. The van der Waals surface area contributed by atoms with Crippen LogP contribution < -0.4 is 27.5 Å². The molecule has 14 heteroatoms. The number of hydrogen-bond donors (Lipinski definition) is 4. The Balaban J connectivity index is 1.47. The second-order valence-electron chi connectivity index (χ2n) is 14.4. The first-order chi connectivity index (χ1) is 23.1. The highest BCUT2D eigenvalue weighted by Gasteiger charge is 2.64. The number of nitrogens with two attached hydrogens (primary N) is 2. The van der Waals surface area contributed by atoms with E-state index in [0.717, 1.165) is 28.7 Å². The summed E-state index contributed by atoms with van der Waals surface area (Å²) in [7, 11) is 1.54. The molecular formula is C35H45N5O8S. The molecule has 0 spiro atoms. The smallest absolute Gasteiger partial charge is 0.333 e. The van der Waals surface area contributed by atoms with Crippen LogP contribution >= 0.6 is 11.3 Å². The number of carboxylic acid groups (broad SMARTS) is 1. The Labute approximate surface area is 287 Å². The Morgan fingerprint density at radius 2 is 1.88 bits per heavy atom. The van der Waals surface area contributed by atoms with E-state index in [-0.39, 0.29) is 17.8 Å². The first-order valence-corrected chi connectivity index (χ1v) is 17.4. The molecule has 2 aliphatic rings. The van der Waals surface area contributed by atoms with Crippen molar-refractivity contribution in [1.82, 2.24) is 14.1 Å². The average molecular weight is 696 g/mol. The number of fused-ring (bicyclic) bond motifs is 2. The normalized spacial score (nSPS) is 25.9. The zero-order chi connectivity index (χ0) is 35.5. The number of para-hydroxylation sites is 1. The van der Waals surface area contributed by atoms with Crippen molar-refractivity contribution in [2.45, 2.75) is 114 Å². The highest BCUT2D eigenvalue weighted by atomic mass is 32.1. The fourth-order valence-electron chi connectivity index (χ4n) is 7.98. The third-order valence-electron chi connectivity index (χ3n) is 10.6. The number of aryl methyl sites for hydroxylation is 1. The van der Waals surface area contributed by atoms with Crippen LogP contribution in [0.5, 0.6) is 5.75 Å². The lowest BCUT2D eigenvalue weighted by Crippen LogP contribution is -2.58. The predicted octanol–water partition coefficient (Wildman–Crippen LogP) is 4.05. The third-order valence-corrected chi connectivity index (χ3v) is 11.9. The Hall–Kier alpha value is -3.82. The van der Waals surface area contributed by atoms with E-state index in [1.54, 1.807) is 20.1 Å². The summed E-state index contributed by atoms with van der Waals surface area (Å²) in [6.45, 7) is 6.35. The van der Waals surface area contributed by atoms with Crippen molar-refractivity contribution in [2.24, 2.45) is 11.5 Å². The number of benzene rings is 1. The molecule has 5 atom stereocenters. The van der Waals surface area contributed by atoms with E-state index >= 15 is 0 Å². The number of rotatable bonds is 12. The maximum Gasteiger partial charge on any atom is 0.333 e. The Morgan fingerprint density at radius 3 is 2.47 bits per heavy atom. The van der Waals surface area contributed by atoms with Gasteiger partial charge >= 0.3 is 11.7 Å². The number of unbranched alkanes of at least 4 members (excludes halogenated alkanes) is 1. The van der Waals surface area contributed by atoms with Crippen molar-refractivity contribution in [3.8, 4) is 16.5 Å². The molecule has 0 radical (unpaired) electrons. The first kappa shape index (κ1) is 35.0. The fraction of sp³-hybridized carbons (Fsp3) is 0.543. The van der Waals surface area contributed by atoms with Crippen LogP contribution in [0.15, 0.2) is 50.7 Å². The molecule has 49 heavy (non-hydrogen) atoms. The van der Waals surface area contributed by atoms with Gasteiger partial charge in [0.2, 0.25) is 5.89 Å². The van der Waals surface area contributed by atoms with Crippen molar-refractivity contribution in [2.75, 3.05) is 7.11 Å². The van der Waals surface area contributed by atoms with E-state index < -0.39 is 51.6 Å². The summed E-state index contributed by atoms with van der Waals surface area (Å²) in [6.07, 6.45) is 5.65. The van der Waals surface area contributed by atoms with Gasteiger partial charge in [-0.05, 0) is 64.5 Å². The van der Waals surface area contributed by atoms with Crippen LogP contribution in [0.2, 0.25) is 0 Å². The fourth-order valence-corrected chi connectivity index (χ4v) is 9.23. The molecule has 0 aliphatic heterocycles. The number of methoxy groups -OCH3 is 1. The summed E-state index contributed by atoms with van der Waals surface area (Å²) in [5.41, 5.74) is 9.08. The monoisotopic (exact) mass is 695 g/mol. The molecule has 13 nitrogen and oxygen atoms in total. The SMILES string of the molecule is CCCCC1(O)C[C@]2(N)CC(OC(Cn3c(=O)n(C(C)(C)C(=O)O)c(=O)c4c(C)c(-c5ncco5)sc43)c3ccccc3OC)C[C@]2(N)C1. The minimum Gasteiger partial charge on any atom is -0.496 e. The maximum absolute atomic E-state index is 14.4. The third kappa shape index (κ3) is 5.82. The lowest BCUT2D eigenvalue weighted by Gasteiger charge is -2.32. The molecule has 2 fully saturated rings. The second kappa shape index (κ2) is 12.5. The summed E-state index contributed by atoms with van der Waals surface area (Å²) in [4.78, 5) is 46.0. The molecule has 264 valence electrons. The van der Waals surface area contributed by atoms with Gasteiger partial charge < -0.3 is 35.6 Å². The summed E-state index contributed by atoms with van der Waals surface area (Å²) < 4.78 is 20.3. The Morgan fingerprint density at radius 1 is 1.20 bits per heavy atom. The zero-order valence-corrected chi connectivity index (χ0v) is 29.3. The highest BCUT2D eigenvalue weighted by molar-refractivity contribution is 7.22. The van der Waals surface area contributed by atoms with E-state index in [1.807, 2.05) is 18.2 Å². The van der Waals surface area contributed by atoms with Crippen molar-refractivity contribution in [3.63, 3.8) is 0 Å². The van der Waals surface area contributed by atoms with Gasteiger partial charge in [0.05, 0.1) is 41.8 Å². The van der Waals surface area contributed by atoms with Gasteiger partial charge in [-0.25, -0.2) is 19.1 Å². The summed E-state index contributed by atoms with van der Waals surface area (Å²) in [6, 6.07) is 7.30. The van der Waals surface area contributed by atoms with Crippen LogP contribution in [0.3, 0.4) is 0 Å². The zero-order valence-electron chi connectivity index (χ0n) is 28.5. The number of carbonyl (C=O) groups is 1. The van der Waals surface area contributed by atoms with E-state index in [1.165, 1.54) is 30.9 Å². The molecule has 0 saturated heterocycles. The van der Waals surface area contributed by atoms with Crippen molar-refractivity contribution < 1.29 is 28.9 Å². The molecule has 1 aromatic carbocycles. The topological polar surface area (TPSA) is 198 Å². The second-order valence-corrected chi connectivity index (χ2v) is 15.4. The lowest BCUT2D eigenvalue weighted by molar-refractivity contribution is -0.146. The van der Waals surface area contributed by atoms with Gasteiger partial charge in [-0.1, -0.05) is 38.0 Å². The van der Waals surface area contributed by atoms with E-state index in [4.69, 9.17) is 25.4 Å². The van der Waals surface area contributed by atoms with Gasteiger partial charge in [0, 0.05) is 16.6 Å². The molecule has 2 aliphatic carbocycles. The van der Waals surface area contributed by atoms with Gasteiger partial charge in [-0.3, -0.25) is 9.36 Å². The average Bonchev–Trinajstić information content (AvgIpc) is 3.77. The standard InChI is InChI=1S/C35H45N5O8S/c1-6-7-12-33(45)18-34(36)15-21(16-35(34,37)19-33)48-24(22-10-8-9-11-23(22)46-5)17-39-29-25(20(2)26(49-29)27-38-13-14-47-27)28(41)40(31(39)44)32(3,4)30(42)43/h8-11,13-14,21,24,45H,6-7,12,15-19,36-37H2,1-5H3,(H,42,43)/t21?,24?,33?,34-,35+. The van der Waals surface area contributed by atoms with Crippen molar-refractivity contribution >= 4 is 27.5 Å². The van der Waals surface area contributed by atoms with Gasteiger partial charge in [0.15, 0.2) is 0 Å². The van der Waals surface area contributed by atoms with Crippen LogP contribution in [0.1, 0.15) is 82.9 Å².